The van der Waals surface area contributed by atoms with Crippen molar-refractivity contribution in [1.29, 1.82) is 0 Å². The van der Waals surface area contributed by atoms with Gasteiger partial charge in [0.2, 0.25) is 10.0 Å². The Bertz CT molecular complexity index is 769. The molecule has 0 radical (unpaired) electrons. The van der Waals surface area contributed by atoms with E-state index in [2.05, 4.69) is 4.72 Å². The molecule has 26 heavy (non-hydrogen) atoms. The van der Waals surface area contributed by atoms with Crippen LogP contribution in [0, 0.1) is 0 Å². The predicted octanol–water partition coefficient (Wildman–Crippen LogP) is 2.44. The largest absolute Gasteiger partial charge is 0.449 e. The summed E-state index contributed by atoms with van der Waals surface area (Å²) in [6.07, 6.45) is -1.01. The van der Waals surface area contributed by atoms with Crippen molar-refractivity contribution in [3.05, 3.63) is 28.8 Å². The Labute approximate surface area is 159 Å². The van der Waals surface area contributed by atoms with E-state index in [1.165, 1.54) is 26.1 Å². The van der Waals surface area contributed by atoms with Gasteiger partial charge >= 0.3 is 5.97 Å². The molecule has 0 heterocycles. The number of carbonyl (C=O) groups excluding carboxylic acids is 2. The maximum absolute atomic E-state index is 12.5. The molecule has 0 bridgehead atoms. The first-order valence-electron chi connectivity index (χ1n) is 8.18. The average molecular weight is 405 g/mol. The van der Waals surface area contributed by atoms with E-state index in [1.54, 1.807) is 4.90 Å². The number of sulfonamides is 1. The number of benzene rings is 1. The minimum atomic E-state index is -3.83. The van der Waals surface area contributed by atoms with Gasteiger partial charge in [-0.3, -0.25) is 4.79 Å². The number of hydrogen-bond acceptors (Lipinski definition) is 5. The molecule has 0 spiro atoms. The van der Waals surface area contributed by atoms with Gasteiger partial charge in [0.1, 0.15) is 4.90 Å². The monoisotopic (exact) mass is 404 g/mol. The smallest absolute Gasteiger partial charge is 0.338 e. The third-order valence-electron chi connectivity index (χ3n) is 3.72. The number of ether oxygens (including phenoxy) is 1. The summed E-state index contributed by atoms with van der Waals surface area (Å²) in [6, 6.07) is 3.66. The first-order valence-corrected chi connectivity index (χ1v) is 10.0. The molecule has 1 N–H and O–H groups in total. The third kappa shape index (κ3) is 5.18. The SMILES string of the molecule is CNS(=O)(=O)c1cc(C(=O)O[C@@H](C)C(=O)N(C(C)C)C(C)C)ccc1Cl. The van der Waals surface area contributed by atoms with Gasteiger partial charge in [0.25, 0.3) is 5.91 Å². The molecular formula is C17H25ClN2O5S. The summed E-state index contributed by atoms with van der Waals surface area (Å²) < 4.78 is 31.3. The Morgan fingerprint density at radius 2 is 1.65 bits per heavy atom. The second kappa shape index (κ2) is 8.83. The van der Waals surface area contributed by atoms with Crippen LogP contribution in [0.1, 0.15) is 45.0 Å². The van der Waals surface area contributed by atoms with Crippen LogP contribution in [0.15, 0.2) is 23.1 Å². The second-order valence-corrected chi connectivity index (χ2v) is 8.60. The van der Waals surface area contributed by atoms with Crippen molar-refractivity contribution < 1.29 is 22.7 Å². The summed E-state index contributed by atoms with van der Waals surface area (Å²) in [5.74, 6) is -1.12. The van der Waals surface area contributed by atoms with Crippen LogP contribution in [0.25, 0.3) is 0 Å². The van der Waals surface area contributed by atoms with Crippen LogP contribution in [-0.4, -0.2) is 50.4 Å². The summed E-state index contributed by atoms with van der Waals surface area (Å²) in [4.78, 5) is 26.3. The van der Waals surface area contributed by atoms with Crippen molar-refractivity contribution in [1.82, 2.24) is 9.62 Å². The van der Waals surface area contributed by atoms with Crippen LogP contribution in [0.3, 0.4) is 0 Å². The number of carbonyl (C=O) groups is 2. The quantitative estimate of drug-likeness (QED) is 0.704. The number of halogens is 1. The van der Waals surface area contributed by atoms with Gasteiger partial charge in [0.05, 0.1) is 10.6 Å². The third-order valence-corrected chi connectivity index (χ3v) is 5.62. The van der Waals surface area contributed by atoms with E-state index < -0.39 is 22.1 Å². The van der Waals surface area contributed by atoms with Crippen molar-refractivity contribution in [2.75, 3.05) is 7.05 Å². The highest BCUT2D eigenvalue weighted by Crippen LogP contribution is 2.23. The average Bonchev–Trinajstić information content (AvgIpc) is 2.54. The number of nitrogens with zero attached hydrogens (tertiary/aromatic N) is 1. The van der Waals surface area contributed by atoms with E-state index in [4.69, 9.17) is 16.3 Å². The van der Waals surface area contributed by atoms with Crippen molar-refractivity contribution in [2.45, 2.75) is 57.7 Å². The number of esters is 1. The summed E-state index contributed by atoms with van der Waals surface area (Å²) in [5.41, 5.74) is -0.0106. The Morgan fingerprint density at radius 1 is 1.12 bits per heavy atom. The van der Waals surface area contributed by atoms with Gasteiger partial charge < -0.3 is 9.64 Å². The van der Waals surface area contributed by atoms with Crippen LogP contribution in [0.2, 0.25) is 5.02 Å². The molecule has 0 aliphatic rings. The lowest BCUT2D eigenvalue weighted by Crippen LogP contribution is -2.47. The minimum Gasteiger partial charge on any atom is -0.449 e. The minimum absolute atomic E-state index is 0.0106. The first kappa shape index (κ1) is 22.4. The van der Waals surface area contributed by atoms with E-state index >= 15 is 0 Å². The van der Waals surface area contributed by atoms with Crippen molar-refractivity contribution in [3.63, 3.8) is 0 Å². The van der Waals surface area contributed by atoms with Gasteiger partial charge in [0, 0.05) is 12.1 Å². The molecule has 146 valence electrons. The van der Waals surface area contributed by atoms with Crippen LogP contribution in [0.5, 0.6) is 0 Å². The van der Waals surface area contributed by atoms with Gasteiger partial charge in [-0.1, -0.05) is 11.6 Å². The van der Waals surface area contributed by atoms with Crippen molar-refractivity contribution in [2.24, 2.45) is 0 Å². The van der Waals surface area contributed by atoms with Crippen LogP contribution < -0.4 is 4.72 Å². The van der Waals surface area contributed by atoms with Gasteiger partial charge in [-0.25, -0.2) is 17.9 Å². The summed E-state index contributed by atoms with van der Waals surface area (Å²) in [5, 5.41) is -0.0224. The van der Waals surface area contributed by atoms with Gasteiger partial charge in [-0.2, -0.15) is 0 Å². The summed E-state index contributed by atoms with van der Waals surface area (Å²) >= 11 is 5.90. The number of nitrogens with one attached hydrogen (secondary N) is 1. The summed E-state index contributed by atoms with van der Waals surface area (Å²) in [7, 11) is -2.59. The molecule has 9 heteroatoms. The normalized spacial score (nSPS) is 13.0. The predicted molar refractivity (Wildman–Crippen MR) is 99.7 cm³/mol. The fraction of sp³-hybridized carbons (Fsp3) is 0.529. The van der Waals surface area contributed by atoms with Gasteiger partial charge in [-0.05, 0) is 59.9 Å². The van der Waals surface area contributed by atoms with Crippen LogP contribution in [-0.2, 0) is 19.6 Å². The lowest BCUT2D eigenvalue weighted by Gasteiger charge is -2.32. The molecule has 0 fully saturated rings. The van der Waals surface area contributed by atoms with E-state index in [1.807, 2.05) is 27.7 Å². The maximum Gasteiger partial charge on any atom is 0.338 e. The molecule has 0 unspecified atom stereocenters. The molecule has 0 aliphatic carbocycles. The first-order chi connectivity index (χ1) is 11.9. The lowest BCUT2D eigenvalue weighted by molar-refractivity contribution is -0.143. The Hall–Kier alpha value is -1.64. The highest BCUT2D eigenvalue weighted by atomic mass is 35.5. The number of hydrogen-bond donors (Lipinski definition) is 1. The van der Waals surface area contributed by atoms with Crippen LogP contribution >= 0.6 is 11.6 Å². The molecule has 1 atom stereocenters. The molecule has 0 saturated heterocycles. The second-order valence-electron chi connectivity index (χ2n) is 6.33. The standard InChI is InChI=1S/C17H25ClN2O5S/c1-10(2)20(11(3)4)16(21)12(5)25-17(22)13-7-8-14(18)15(9-13)26(23,24)19-6/h7-12,19H,1-6H3/t12-/m0/s1. The van der Waals surface area contributed by atoms with Crippen molar-refractivity contribution in [3.8, 4) is 0 Å². The molecule has 0 aromatic heterocycles. The number of rotatable bonds is 7. The molecule has 1 amide bonds. The molecule has 1 aromatic rings. The highest BCUT2D eigenvalue weighted by molar-refractivity contribution is 7.89. The van der Waals surface area contributed by atoms with Gasteiger partial charge in [-0.15, -0.1) is 0 Å². The topological polar surface area (TPSA) is 92.8 Å². The molecule has 0 aliphatic heterocycles. The maximum atomic E-state index is 12.5. The van der Waals surface area contributed by atoms with E-state index in [0.717, 1.165) is 6.07 Å². The van der Waals surface area contributed by atoms with E-state index in [-0.39, 0.29) is 33.5 Å². The molecule has 7 nitrogen and oxygen atoms in total. The zero-order chi connectivity index (χ0) is 20.2. The Balaban J connectivity index is 3.05. The fourth-order valence-corrected chi connectivity index (χ4v) is 3.79. The Morgan fingerprint density at radius 3 is 2.12 bits per heavy atom. The number of amides is 1. The fourth-order valence-electron chi connectivity index (χ4n) is 2.54. The Kier molecular flexibility index (Phi) is 7.61. The van der Waals surface area contributed by atoms with E-state index in [9.17, 15) is 18.0 Å². The lowest BCUT2D eigenvalue weighted by atomic mass is 10.2. The molecular weight excluding hydrogens is 380 g/mol. The van der Waals surface area contributed by atoms with Gasteiger partial charge in [0.15, 0.2) is 6.10 Å². The molecule has 0 saturated carbocycles. The molecule has 1 rings (SSSR count). The highest BCUT2D eigenvalue weighted by Gasteiger charge is 2.28. The summed E-state index contributed by atoms with van der Waals surface area (Å²) in [6.45, 7) is 8.99. The zero-order valence-electron chi connectivity index (χ0n) is 15.7. The molecule has 1 aromatic carbocycles. The van der Waals surface area contributed by atoms with Crippen LogP contribution in [0.4, 0.5) is 0 Å². The zero-order valence-corrected chi connectivity index (χ0v) is 17.3. The van der Waals surface area contributed by atoms with E-state index in [0.29, 0.717) is 0 Å². The van der Waals surface area contributed by atoms with Crippen molar-refractivity contribution >= 4 is 33.5 Å².